The highest BCUT2D eigenvalue weighted by Crippen LogP contribution is 2.46. The van der Waals surface area contributed by atoms with Gasteiger partial charge in [-0.2, -0.15) is 0 Å². The fourth-order valence-electron chi connectivity index (χ4n) is 6.82. The molecule has 1 aliphatic carbocycles. The Morgan fingerprint density at radius 3 is 2.20 bits per heavy atom. The topological polar surface area (TPSA) is 90.4 Å². The van der Waals surface area contributed by atoms with Crippen molar-refractivity contribution in [2.75, 3.05) is 32.8 Å². The van der Waals surface area contributed by atoms with E-state index in [0.29, 0.717) is 72.4 Å². The molecule has 3 aromatic rings. The van der Waals surface area contributed by atoms with Crippen LogP contribution in [0.1, 0.15) is 89.2 Å². The lowest BCUT2D eigenvalue weighted by molar-refractivity contribution is -0.126. The van der Waals surface area contributed by atoms with Crippen LogP contribution in [0.5, 0.6) is 5.75 Å². The number of ether oxygens (including phenoxy) is 1. The highest BCUT2D eigenvalue weighted by atomic mass is 35.5. The van der Waals surface area contributed by atoms with Crippen molar-refractivity contribution < 1.29 is 14.3 Å². The molecule has 1 aromatic heterocycles. The lowest BCUT2D eigenvalue weighted by Crippen LogP contribution is -2.62. The second-order valence-corrected chi connectivity index (χ2v) is 15.7. The van der Waals surface area contributed by atoms with Crippen molar-refractivity contribution in [3.63, 3.8) is 0 Å². The van der Waals surface area contributed by atoms with E-state index in [0.717, 1.165) is 29.7 Å². The minimum atomic E-state index is -0.843. The molecule has 1 saturated heterocycles. The van der Waals surface area contributed by atoms with Gasteiger partial charge in [0, 0.05) is 72.1 Å². The van der Waals surface area contributed by atoms with Crippen LogP contribution in [0.2, 0.25) is 10.0 Å². The smallest absolute Gasteiger partial charge is 0.326 e. The van der Waals surface area contributed by atoms with Gasteiger partial charge in [0.05, 0.1) is 29.8 Å². The summed E-state index contributed by atoms with van der Waals surface area (Å²) in [6.07, 6.45) is 4.41. The fraction of sp³-hybridized carbons (Fsp3) is 0.487. The van der Waals surface area contributed by atoms with Crippen molar-refractivity contribution in [3.8, 4) is 5.75 Å². The number of pyridine rings is 1. The molecule has 1 N–H and O–H groups in total. The number of nitrogens with zero attached hydrogens (tertiary/aromatic N) is 5. The second kappa shape index (κ2) is 14.5. The molecular weight excluding hydrogens is 671 g/mol. The third-order valence-electron chi connectivity index (χ3n) is 10.1. The predicted octanol–water partition coefficient (Wildman–Crippen LogP) is 7.60. The van der Waals surface area contributed by atoms with Gasteiger partial charge in [-0.1, -0.05) is 68.2 Å². The molecule has 3 atom stereocenters. The first kappa shape index (κ1) is 36.1. The Labute approximate surface area is 306 Å². The van der Waals surface area contributed by atoms with Crippen LogP contribution < -0.4 is 10.1 Å². The SMILES string of the molecule is CCOc1cc(C(C)(C)C)ncc1C1=N[C@H](c2ccc(Cl)cc2)C[C@@](C)(c2ccc(Cl)cc2)N1C(=O)N1CCN(C(C)C(=O)NC2CC2)CC1. The fourth-order valence-corrected chi connectivity index (χ4v) is 7.08. The first-order valence-corrected chi connectivity index (χ1v) is 18.4. The standard InChI is InChI=1S/C39H48Cl2N6O3/c1-7-50-33-22-34(38(3,4)5)42-24-31(33)35-44-32(26-8-12-28(40)13-9-26)23-39(6,27-10-14-29(41)15-11-27)47(35)37(49)46-20-18-45(19-21-46)25(2)36(48)43-30-16-17-30/h8-15,22,24-25,30,32H,7,16-21,23H2,1-6H3,(H,43,48)/t25?,32-,39-/m0/s1. The van der Waals surface area contributed by atoms with E-state index in [1.165, 1.54) is 0 Å². The molecule has 6 rings (SSSR count). The summed E-state index contributed by atoms with van der Waals surface area (Å²) in [4.78, 5) is 44.1. The number of amidine groups is 1. The van der Waals surface area contributed by atoms with E-state index in [-0.39, 0.29) is 29.4 Å². The third-order valence-corrected chi connectivity index (χ3v) is 10.6. The number of nitrogens with one attached hydrogen (secondary N) is 1. The van der Waals surface area contributed by atoms with Crippen LogP contribution in [0.3, 0.4) is 0 Å². The van der Waals surface area contributed by atoms with Gasteiger partial charge in [0.1, 0.15) is 11.6 Å². The van der Waals surface area contributed by atoms with Crippen LogP contribution in [0.15, 0.2) is 65.8 Å². The summed E-state index contributed by atoms with van der Waals surface area (Å²) in [6.45, 7) is 14.9. The van der Waals surface area contributed by atoms with E-state index in [4.69, 9.17) is 37.9 Å². The molecule has 11 heteroatoms. The molecule has 266 valence electrons. The number of hydrogen-bond acceptors (Lipinski definition) is 6. The minimum absolute atomic E-state index is 0.0518. The number of piperazine rings is 1. The Kier molecular flexibility index (Phi) is 10.5. The van der Waals surface area contributed by atoms with E-state index in [2.05, 4.69) is 37.9 Å². The van der Waals surface area contributed by atoms with Crippen LogP contribution in [-0.4, -0.2) is 82.3 Å². The molecule has 0 bridgehead atoms. The summed E-state index contributed by atoms with van der Waals surface area (Å²) in [5, 5.41) is 4.38. The number of urea groups is 1. The van der Waals surface area contributed by atoms with Crippen molar-refractivity contribution in [1.82, 2.24) is 25.0 Å². The average molecular weight is 720 g/mol. The number of halogens is 2. The average Bonchev–Trinajstić information content (AvgIpc) is 3.91. The molecule has 0 spiro atoms. The number of carbonyl (C=O) groups excluding carboxylic acids is 2. The molecule has 3 aliphatic rings. The van der Waals surface area contributed by atoms with Crippen LogP contribution in [0.25, 0.3) is 0 Å². The van der Waals surface area contributed by atoms with Gasteiger partial charge in [0.2, 0.25) is 5.91 Å². The molecule has 2 aromatic carbocycles. The number of amides is 3. The molecule has 0 radical (unpaired) electrons. The summed E-state index contributed by atoms with van der Waals surface area (Å²) < 4.78 is 6.29. The van der Waals surface area contributed by atoms with E-state index < -0.39 is 5.54 Å². The van der Waals surface area contributed by atoms with Crippen LogP contribution in [-0.2, 0) is 15.7 Å². The Morgan fingerprint density at radius 1 is 1.00 bits per heavy atom. The molecule has 1 saturated carbocycles. The highest BCUT2D eigenvalue weighted by molar-refractivity contribution is 6.30. The van der Waals surface area contributed by atoms with Crippen molar-refractivity contribution >= 4 is 41.0 Å². The lowest BCUT2D eigenvalue weighted by atomic mass is 9.80. The number of benzene rings is 2. The maximum absolute atomic E-state index is 15.1. The molecule has 1 unspecified atom stereocenters. The Bertz CT molecular complexity index is 1730. The monoisotopic (exact) mass is 718 g/mol. The third kappa shape index (κ3) is 7.65. The molecule has 3 amide bonds. The van der Waals surface area contributed by atoms with Gasteiger partial charge in [-0.15, -0.1) is 0 Å². The quantitative estimate of drug-likeness (QED) is 0.259. The van der Waals surface area contributed by atoms with Gasteiger partial charge in [-0.3, -0.25) is 24.6 Å². The van der Waals surface area contributed by atoms with Gasteiger partial charge in [-0.05, 0) is 69.0 Å². The Balaban J connectivity index is 1.44. The number of aromatic nitrogens is 1. The molecular formula is C39H48Cl2N6O3. The predicted molar refractivity (Wildman–Crippen MR) is 199 cm³/mol. The summed E-state index contributed by atoms with van der Waals surface area (Å²) in [6, 6.07) is 17.0. The van der Waals surface area contributed by atoms with E-state index in [1.54, 1.807) is 6.20 Å². The molecule has 50 heavy (non-hydrogen) atoms. The largest absolute Gasteiger partial charge is 0.493 e. The number of rotatable bonds is 8. The number of carbonyl (C=O) groups is 2. The zero-order chi connectivity index (χ0) is 35.8. The molecule has 2 aliphatic heterocycles. The summed E-state index contributed by atoms with van der Waals surface area (Å²) in [7, 11) is 0. The first-order valence-electron chi connectivity index (χ1n) is 17.6. The molecule has 2 fully saturated rings. The van der Waals surface area contributed by atoms with Crippen molar-refractivity contribution in [3.05, 3.63) is 93.2 Å². The summed E-state index contributed by atoms with van der Waals surface area (Å²) in [5.74, 6) is 1.17. The van der Waals surface area contributed by atoms with Gasteiger partial charge in [0.15, 0.2) is 0 Å². The first-order chi connectivity index (χ1) is 23.8. The highest BCUT2D eigenvalue weighted by Gasteiger charge is 2.48. The lowest BCUT2D eigenvalue weighted by Gasteiger charge is -2.49. The van der Waals surface area contributed by atoms with Gasteiger partial charge < -0.3 is 15.0 Å². The Hall–Kier alpha value is -3.66. The Morgan fingerprint density at radius 2 is 1.62 bits per heavy atom. The zero-order valence-electron chi connectivity index (χ0n) is 29.9. The van der Waals surface area contributed by atoms with Crippen LogP contribution in [0.4, 0.5) is 4.79 Å². The summed E-state index contributed by atoms with van der Waals surface area (Å²) in [5.41, 5.74) is 2.39. The van der Waals surface area contributed by atoms with Crippen LogP contribution >= 0.6 is 23.2 Å². The van der Waals surface area contributed by atoms with E-state index in [9.17, 15) is 4.79 Å². The maximum Gasteiger partial charge on any atom is 0.326 e. The van der Waals surface area contributed by atoms with E-state index in [1.807, 2.05) is 78.2 Å². The van der Waals surface area contributed by atoms with E-state index >= 15 is 4.79 Å². The number of aliphatic imine (C=N–C) groups is 1. The minimum Gasteiger partial charge on any atom is -0.493 e. The normalized spacial score (nSPS) is 22.2. The van der Waals surface area contributed by atoms with Crippen molar-refractivity contribution in [2.45, 2.75) is 89.9 Å². The van der Waals surface area contributed by atoms with Crippen LogP contribution in [0, 0.1) is 0 Å². The second-order valence-electron chi connectivity index (χ2n) is 14.9. The number of hydrogen-bond donors (Lipinski definition) is 1. The zero-order valence-corrected chi connectivity index (χ0v) is 31.4. The van der Waals surface area contributed by atoms with Gasteiger partial charge >= 0.3 is 6.03 Å². The van der Waals surface area contributed by atoms with Crippen molar-refractivity contribution in [2.24, 2.45) is 4.99 Å². The van der Waals surface area contributed by atoms with Gasteiger partial charge in [-0.25, -0.2) is 4.79 Å². The molecule has 9 nitrogen and oxygen atoms in total. The summed E-state index contributed by atoms with van der Waals surface area (Å²) >= 11 is 12.7. The maximum atomic E-state index is 15.1. The molecule has 3 heterocycles. The van der Waals surface area contributed by atoms with Gasteiger partial charge in [0.25, 0.3) is 0 Å². The van der Waals surface area contributed by atoms with Crippen molar-refractivity contribution in [1.29, 1.82) is 0 Å².